The second kappa shape index (κ2) is 7.72. The van der Waals surface area contributed by atoms with Gasteiger partial charge in [-0.2, -0.15) is 0 Å². The number of thioether (sulfide) groups is 1. The minimum absolute atomic E-state index is 0.00326. The summed E-state index contributed by atoms with van der Waals surface area (Å²) in [6, 6.07) is 0. The largest absolute Gasteiger partial charge is 0.351 e. The molecule has 5 nitrogen and oxygen atoms in total. The maximum atomic E-state index is 13.1. The fraction of sp³-hybridized carbons (Fsp3) is 0.632. The molecule has 0 bridgehead atoms. The monoisotopic (exact) mass is 395 g/mol. The van der Waals surface area contributed by atoms with Crippen molar-refractivity contribution in [2.45, 2.75) is 77.9 Å². The second-order valence-electron chi connectivity index (χ2n) is 8.17. The maximum absolute atomic E-state index is 13.1. The molecule has 0 aliphatic heterocycles. The van der Waals surface area contributed by atoms with Gasteiger partial charge in [0.1, 0.15) is 4.83 Å². The van der Waals surface area contributed by atoms with Gasteiger partial charge in [-0.3, -0.25) is 14.2 Å². The van der Waals surface area contributed by atoms with Crippen molar-refractivity contribution in [2.24, 2.45) is 5.92 Å². The van der Waals surface area contributed by atoms with E-state index in [1.165, 1.54) is 11.8 Å². The van der Waals surface area contributed by atoms with Crippen LogP contribution in [0.5, 0.6) is 0 Å². The molecule has 144 valence electrons. The number of hydrogen-bond donors (Lipinski definition) is 1. The van der Waals surface area contributed by atoms with E-state index in [9.17, 15) is 9.59 Å². The van der Waals surface area contributed by atoms with Gasteiger partial charge in [0.05, 0.1) is 10.6 Å². The summed E-state index contributed by atoms with van der Waals surface area (Å²) in [5, 5.41) is 3.99. The van der Waals surface area contributed by atoms with E-state index in [0.717, 1.165) is 15.3 Å². The van der Waals surface area contributed by atoms with Gasteiger partial charge in [-0.1, -0.05) is 25.6 Å². The van der Waals surface area contributed by atoms with E-state index in [-0.39, 0.29) is 22.3 Å². The fourth-order valence-corrected chi connectivity index (χ4v) is 4.60. The topological polar surface area (TPSA) is 64.0 Å². The molecule has 0 unspecified atom stereocenters. The van der Waals surface area contributed by atoms with Gasteiger partial charge in [0.2, 0.25) is 5.91 Å². The van der Waals surface area contributed by atoms with Gasteiger partial charge >= 0.3 is 0 Å². The molecule has 0 saturated carbocycles. The number of hydrogen-bond acceptors (Lipinski definition) is 5. The number of thiophene rings is 1. The Kier molecular flexibility index (Phi) is 6.23. The van der Waals surface area contributed by atoms with E-state index < -0.39 is 0 Å². The molecule has 0 aliphatic carbocycles. The van der Waals surface area contributed by atoms with Gasteiger partial charge in [-0.15, -0.1) is 11.3 Å². The number of carbonyl (C=O) groups excluding carboxylic acids is 1. The Bertz CT molecular complexity index is 876. The minimum atomic E-state index is -0.334. The Morgan fingerprint density at radius 1 is 1.27 bits per heavy atom. The molecule has 1 N–H and O–H groups in total. The number of aryl methyl sites for hydroxylation is 2. The molecular formula is C19H29N3O2S2. The molecule has 0 radical (unpaired) electrons. The first-order valence-electron chi connectivity index (χ1n) is 8.90. The van der Waals surface area contributed by atoms with E-state index in [2.05, 4.69) is 19.2 Å². The lowest BCUT2D eigenvalue weighted by Crippen LogP contribution is -2.44. The Labute approximate surface area is 163 Å². The molecule has 7 heteroatoms. The lowest BCUT2D eigenvalue weighted by Gasteiger charge is -2.23. The third-order valence-corrected chi connectivity index (χ3v) is 6.14. The van der Waals surface area contributed by atoms with Crippen LogP contribution >= 0.6 is 23.1 Å². The van der Waals surface area contributed by atoms with Crippen LogP contribution in [0.1, 0.15) is 52.0 Å². The quantitative estimate of drug-likeness (QED) is 0.611. The molecular weight excluding hydrogens is 366 g/mol. The molecule has 0 aromatic carbocycles. The SMILES string of the molecule is Cc1sc2nc(S[C@H](C)C(=O)NC(C)(C)C)n(CC(C)C)c(=O)c2c1C. The average molecular weight is 396 g/mol. The van der Waals surface area contributed by atoms with Gasteiger partial charge in [-0.05, 0) is 53.0 Å². The van der Waals surface area contributed by atoms with E-state index in [4.69, 9.17) is 4.98 Å². The van der Waals surface area contributed by atoms with E-state index in [0.29, 0.717) is 23.0 Å². The summed E-state index contributed by atoms with van der Waals surface area (Å²) >= 11 is 2.89. The van der Waals surface area contributed by atoms with Crippen LogP contribution in [-0.4, -0.2) is 26.2 Å². The number of amides is 1. The van der Waals surface area contributed by atoms with Crippen molar-refractivity contribution >= 4 is 39.2 Å². The number of aromatic nitrogens is 2. The summed E-state index contributed by atoms with van der Waals surface area (Å²) in [6.45, 7) is 16.5. The molecule has 2 aromatic rings. The molecule has 1 amide bonds. The van der Waals surface area contributed by atoms with Crippen molar-refractivity contribution in [3.63, 3.8) is 0 Å². The summed E-state index contributed by atoms with van der Waals surface area (Å²) in [5.74, 6) is 0.261. The van der Waals surface area contributed by atoms with E-state index in [1.54, 1.807) is 15.9 Å². The zero-order valence-electron chi connectivity index (χ0n) is 16.9. The summed E-state index contributed by atoms with van der Waals surface area (Å²) in [4.78, 5) is 32.2. The lowest BCUT2D eigenvalue weighted by atomic mass is 10.1. The molecule has 0 aliphatic rings. The number of nitrogens with zero attached hydrogens (tertiary/aromatic N) is 2. The normalized spacial score (nSPS) is 13.4. The summed E-state index contributed by atoms with van der Waals surface area (Å²) in [5.41, 5.74) is 0.717. The van der Waals surface area contributed by atoms with Crippen LogP contribution in [0.4, 0.5) is 0 Å². The summed E-state index contributed by atoms with van der Waals surface area (Å²) in [6.07, 6.45) is 0. The van der Waals surface area contributed by atoms with Crippen molar-refractivity contribution < 1.29 is 4.79 Å². The van der Waals surface area contributed by atoms with Crippen LogP contribution in [-0.2, 0) is 11.3 Å². The first-order chi connectivity index (χ1) is 11.9. The third-order valence-electron chi connectivity index (χ3n) is 3.95. The standard InChI is InChI=1S/C19H29N3O2S2/c1-10(2)9-22-17(24)14-11(3)12(4)25-16(14)20-18(22)26-13(5)15(23)21-19(6,7)8/h10,13H,9H2,1-8H3,(H,21,23)/t13-/m1/s1. The van der Waals surface area contributed by atoms with Crippen molar-refractivity contribution in [1.82, 2.24) is 14.9 Å². The predicted octanol–water partition coefficient (Wildman–Crippen LogP) is 4.13. The second-order valence-corrected chi connectivity index (χ2v) is 10.7. The van der Waals surface area contributed by atoms with Crippen molar-refractivity contribution in [3.05, 3.63) is 20.8 Å². The summed E-state index contributed by atoms with van der Waals surface area (Å²) < 4.78 is 1.73. The highest BCUT2D eigenvalue weighted by atomic mass is 32.2. The molecule has 2 rings (SSSR count). The zero-order valence-corrected chi connectivity index (χ0v) is 18.5. The third kappa shape index (κ3) is 4.68. The summed E-state index contributed by atoms with van der Waals surface area (Å²) in [7, 11) is 0. The molecule has 26 heavy (non-hydrogen) atoms. The minimum Gasteiger partial charge on any atom is -0.351 e. The maximum Gasteiger partial charge on any atom is 0.263 e. The number of carbonyl (C=O) groups is 1. The van der Waals surface area contributed by atoms with Crippen LogP contribution in [0.2, 0.25) is 0 Å². The van der Waals surface area contributed by atoms with Crippen LogP contribution in [0, 0.1) is 19.8 Å². The van der Waals surface area contributed by atoms with Crippen molar-refractivity contribution in [3.8, 4) is 0 Å². The predicted molar refractivity (Wildman–Crippen MR) is 111 cm³/mol. The highest BCUT2D eigenvalue weighted by Crippen LogP contribution is 2.30. The molecule has 2 aromatic heterocycles. The van der Waals surface area contributed by atoms with Crippen LogP contribution in [0.15, 0.2) is 9.95 Å². The molecule has 0 spiro atoms. The first-order valence-corrected chi connectivity index (χ1v) is 10.6. The fourth-order valence-electron chi connectivity index (χ4n) is 2.61. The molecule has 2 heterocycles. The molecule has 1 atom stereocenters. The highest BCUT2D eigenvalue weighted by Gasteiger charge is 2.24. The Morgan fingerprint density at radius 2 is 1.88 bits per heavy atom. The Balaban J connectivity index is 2.48. The number of rotatable bonds is 5. The smallest absolute Gasteiger partial charge is 0.263 e. The van der Waals surface area contributed by atoms with Gasteiger partial charge in [0.15, 0.2) is 5.16 Å². The van der Waals surface area contributed by atoms with Crippen molar-refractivity contribution in [1.29, 1.82) is 0 Å². The van der Waals surface area contributed by atoms with Gasteiger partial charge in [0.25, 0.3) is 5.56 Å². The van der Waals surface area contributed by atoms with Crippen LogP contribution in [0.3, 0.4) is 0 Å². The zero-order chi connectivity index (χ0) is 19.8. The van der Waals surface area contributed by atoms with Gasteiger partial charge < -0.3 is 5.32 Å². The van der Waals surface area contributed by atoms with Crippen LogP contribution in [0.25, 0.3) is 10.2 Å². The van der Waals surface area contributed by atoms with Gasteiger partial charge in [-0.25, -0.2) is 4.98 Å². The number of nitrogens with one attached hydrogen (secondary N) is 1. The van der Waals surface area contributed by atoms with E-state index in [1.807, 2.05) is 41.5 Å². The lowest BCUT2D eigenvalue weighted by molar-refractivity contribution is -0.121. The molecule has 0 saturated heterocycles. The highest BCUT2D eigenvalue weighted by molar-refractivity contribution is 8.00. The van der Waals surface area contributed by atoms with Crippen molar-refractivity contribution in [2.75, 3.05) is 0 Å². The first kappa shape index (κ1) is 21.0. The van der Waals surface area contributed by atoms with E-state index >= 15 is 0 Å². The van der Waals surface area contributed by atoms with Gasteiger partial charge in [0, 0.05) is 17.0 Å². The Morgan fingerprint density at radius 3 is 2.42 bits per heavy atom. The Hall–Kier alpha value is -1.34. The number of fused-ring (bicyclic) bond motifs is 1. The molecule has 0 fully saturated rings. The van der Waals surface area contributed by atoms with Crippen LogP contribution < -0.4 is 10.9 Å². The average Bonchev–Trinajstić information content (AvgIpc) is 2.76.